The number of nitrogens with one attached hydrogen (secondary N) is 2. The number of hydrogen-bond acceptors (Lipinski definition) is 6. The molecule has 8 heteroatoms. The van der Waals surface area contributed by atoms with Gasteiger partial charge in [0.1, 0.15) is 5.69 Å². The Morgan fingerprint density at radius 2 is 2.06 bits per heavy atom. The number of carbonyl (C=O) groups is 1. The van der Waals surface area contributed by atoms with Crippen molar-refractivity contribution in [3.63, 3.8) is 0 Å². The lowest BCUT2D eigenvalue weighted by Gasteiger charge is -2.08. The molecule has 2 heterocycles. The molecule has 0 saturated heterocycles. The summed E-state index contributed by atoms with van der Waals surface area (Å²) in [5.41, 5.74) is 3.13. The summed E-state index contributed by atoms with van der Waals surface area (Å²) in [6.45, 7) is 0. The van der Waals surface area contributed by atoms with Crippen molar-refractivity contribution in [1.29, 1.82) is 0 Å². The molecule has 2 aromatic rings. The molecule has 92 valence electrons. The quantitative estimate of drug-likeness (QED) is 0.435. The van der Waals surface area contributed by atoms with E-state index in [0.29, 0.717) is 11.3 Å². The Bertz CT molecular complexity index is 562. The number of nitrogens with two attached hydrogens (primary N) is 1. The van der Waals surface area contributed by atoms with Crippen molar-refractivity contribution in [2.24, 2.45) is 5.84 Å². The van der Waals surface area contributed by atoms with Crippen LogP contribution in [-0.2, 0) is 0 Å². The summed E-state index contributed by atoms with van der Waals surface area (Å²) in [6.07, 6.45) is 4.41. The molecular weight excluding hydrogens is 256 g/mol. The molecule has 0 atom stereocenters. The third-order valence-electron chi connectivity index (χ3n) is 2.09. The van der Waals surface area contributed by atoms with E-state index in [4.69, 9.17) is 17.4 Å². The van der Waals surface area contributed by atoms with Gasteiger partial charge in [-0.1, -0.05) is 0 Å². The highest BCUT2D eigenvalue weighted by Gasteiger charge is 2.10. The zero-order chi connectivity index (χ0) is 13.0. The Kier molecular flexibility index (Phi) is 3.66. The Morgan fingerprint density at radius 1 is 1.33 bits per heavy atom. The first-order chi connectivity index (χ1) is 8.70. The van der Waals surface area contributed by atoms with Gasteiger partial charge in [-0.3, -0.25) is 9.78 Å². The average Bonchev–Trinajstić information content (AvgIpc) is 2.41. The van der Waals surface area contributed by atoms with E-state index in [9.17, 15) is 4.79 Å². The first-order valence-corrected chi connectivity index (χ1v) is 5.29. The number of nitrogen functional groups attached to an aromatic ring is 1. The van der Waals surface area contributed by atoms with Crippen LogP contribution in [0.1, 0.15) is 10.4 Å². The molecule has 0 unspecified atom stereocenters. The van der Waals surface area contributed by atoms with Gasteiger partial charge in [-0.25, -0.2) is 10.8 Å². The molecule has 4 N–H and O–H groups in total. The van der Waals surface area contributed by atoms with Gasteiger partial charge < -0.3 is 10.7 Å². The molecule has 0 radical (unpaired) electrons. The average molecular weight is 265 g/mol. The van der Waals surface area contributed by atoms with Crippen LogP contribution in [0.4, 0.5) is 11.5 Å². The number of carbonyl (C=O) groups excluding carboxylic acids is 1. The minimum atomic E-state index is -0.320. The van der Waals surface area contributed by atoms with E-state index in [0.717, 1.165) is 0 Å². The van der Waals surface area contributed by atoms with Crippen LogP contribution in [-0.4, -0.2) is 20.9 Å². The molecule has 18 heavy (non-hydrogen) atoms. The van der Waals surface area contributed by atoms with Crippen LogP contribution in [0.15, 0.2) is 30.7 Å². The zero-order valence-corrected chi connectivity index (χ0v) is 9.85. The summed E-state index contributed by atoms with van der Waals surface area (Å²) in [6, 6.07) is 3.17. The maximum atomic E-state index is 11.9. The molecule has 0 bridgehead atoms. The highest BCUT2D eigenvalue weighted by molar-refractivity contribution is 6.28. The predicted octanol–water partition coefficient (Wildman–Crippen LogP) is 1.06. The van der Waals surface area contributed by atoms with Gasteiger partial charge >= 0.3 is 0 Å². The van der Waals surface area contributed by atoms with Crippen LogP contribution in [0.5, 0.6) is 0 Å². The first kappa shape index (κ1) is 12.2. The second-order valence-electron chi connectivity index (χ2n) is 3.24. The monoisotopic (exact) mass is 264 g/mol. The van der Waals surface area contributed by atoms with Crippen LogP contribution >= 0.6 is 11.6 Å². The van der Waals surface area contributed by atoms with Gasteiger partial charge in [0.05, 0.1) is 6.20 Å². The Morgan fingerprint density at radius 3 is 2.72 bits per heavy atom. The molecule has 0 aliphatic rings. The van der Waals surface area contributed by atoms with Crippen molar-refractivity contribution < 1.29 is 4.79 Å². The Labute approximate surface area is 107 Å². The van der Waals surface area contributed by atoms with Crippen LogP contribution in [0, 0.1) is 0 Å². The highest BCUT2D eigenvalue weighted by atomic mass is 35.5. The fourth-order valence-electron chi connectivity index (χ4n) is 1.26. The molecule has 2 rings (SSSR count). The molecule has 0 aliphatic heterocycles. The number of halogens is 1. The van der Waals surface area contributed by atoms with Crippen molar-refractivity contribution in [2.45, 2.75) is 0 Å². The van der Waals surface area contributed by atoms with Crippen molar-refractivity contribution in [1.82, 2.24) is 15.0 Å². The standard InChI is InChI=1S/C10H9ClN6O/c11-10-14-5-7(8(16-10)17-12)15-9(18)6-1-3-13-4-2-6/h1-5H,12H2,(H,15,18)(H,14,16,17). The van der Waals surface area contributed by atoms with Crippen molar-refractivity contribution in [3.05, 3.63) is 41.6 Å². The van der Waals surface area contributed by atoms with Crippen LogP contribution in [0.25, 0.3) is 0 Å². The fourth-order valence-corrected chi connectivity index (χ4v) is 1.39. The SMILES string of the molecule is NNc1nc(Cl)ncc1NC(=O)c1ccncc1. The maximum absolute atomic E-state index is 11.9. The van der Waals surface area contributed by atoms with Crippen molar-refractivity contribution >= 4 is 29.0 Å². The molecule has 1 amide bonds. The molecular formula is C10H9ClN6O. The predicted molar refractivity (Wildman–Crippen MR) is 67.0 cm³/mol. The molecule has 0 aromatic carbocycles. The topological polar surface area (TPSA) is 106 Å². The minimum absolute atomic E-state index is 0.0323. The number of anilines is 2. The van der Waals surface area contributed by atoms with E-state index in [1.165, 1.54) is 18.6 Å². The van der Waals surface area contributed by atoms with Crippen molar-refractivity contribution in [2.75, 3.05) is 10.7 Å². The highest BCUT2D eigenvalue weighted by Crippen LogP contribution is 2.19. The van der Waals surface area contributed by atoms with Gasteiger partial charge in [0.25, 0.3) is 5.91 Å². The van der Waals surface area contributed by atoms with Crippen molar-refractivity contribution in [3.8, 4) is 0 Å². The van der Waals surface area contributed by atoms with Gasteiger partial charge in [0.15, 0.2) is 5.82 Å². The number of rotatable bonds is 3. The van der Waals surface area contributed by atoms with E-state index in [-0.39, 0.29) is 17.0 Å². The van der Waals surface area contributed by atoms with Gasteiger partial charge in [-0.2, -0.15) is 4.98 Å². The second-order valence-corrected chi connectivity index (χ2v) is 3.57. The lowest BCUT2D eigenvalue weighted by molar-refractivity contribution is 0.102. The summed E-state index contributed by atoms with van der Waals surface area (Å²) >= 11 is 5.61. The molecule has 7 nitrogen and oxygen atoms in total. The third kappa shape index (κ3) is 2.70. The molecule has 0 spiro atoms. The van der Waals surface area contributed by atoms with E-state index in [2.05, 4.69) is 25.7 Å². The van der Waals surface area contributed by atoms with Gasteiger partial charge in [0, 0.05) is 18.0 Å². The van der Waals surface area contributed by atoms with Crippen LogP contribution in [0.3, 0.4) is 0 Å². The third-order valence-corrected chi connectivity index (χ3v) is 2.27. The number of hydrazine groups is 1. The molecule has 0 fully saturated rings. The number of aromatic nitrogens is 3. The number of pyridine rings is 1. The Balaban J connectivity index is 2.22. The molecule has 0 aliphatic carbocycles. The van der Waals surface area contributed by atoms with Gasteiger partial charge in [0.2, 0.25) is 5.28 Å². The number of hydrogen-bond donors (Lipinski definition) is 3. The summed E-state index contributed by atoms with van der Waals surface area (Å²) in [7, 11) is 0. The maximum Gasteiger partial charge on any atom is 0.255 e. The summed E-state index contributed by atoms with van der Waals surface area (Å²) in [5, 5.41) is 2.64. The van der Waals surface area contributed by atoms with E-state index in [1.54, 1.807) is 12.1 Å². The smallest absolute Gasteiger partial charge is 0.255 e. The first-order valence-electron chi connectivity index (χ1n) is 4.91. The fraction of sp³-hybridized carbons (Fsp3) is 0. The van der Waals surface area contributed by atoms with Gasteiger partial charge in [-0.05, 0) is 23.7 Å². The van der Waals surface area contributed by atoms with Crippen LogP contribution in [0.2, 0.25) is 5.28 Å². The summed E-state index contributed by atoms with van der Waals surface area (Å²) < 4.78 is 0. The number of nitrogens with zero attached hydrogens (tertiary/aromatic N) is 3. The van der Waals surface area contributed by atoms with Gasteiger partial charge in [-0.15, -0.1) is 0 Å². The van der Waals surface area contributed by atoms with E-state index >= 15 is 0 Å². The minimum Gasteiger partial charge on any atom is -0.318 e. The zero-order valence-electron chi connectivity index (χ0n) is 9.09. The normalized spacial score (nSPS) is 9.89. The largest absolute Gasteiger partial charge is 0.318 e. The Hall–Kier alpha value is -2.25. The second kappa shape index (κ2) is 5.39. The summed E-state index contributed by atoms with van der Waals surface area (Å²) in [5.74, 6) is 5.19. The number of amides is 1. The van der Waals surface area contributed by atoms with E-state index < -0.39 is 0 Å². The lowest BCUT2D eigenvalue weighted by atomic mass is 10.2. The molecule has 0 saturated carbocycles. The molecule has 2 aromatic heterocycles. The lowest BCUT2D eigenvalue weighted by Crippen LogP contribution is -2.17. The summed E-state index contributed by atoms with van der Waals surface area (Å²) in [4.78, 5) is 23.3. The van der Waals surface area contributed by atoms with E-state index in [1.807, 2.05) is 0 Å². The van der Waals surface area contributed by atoms with Crippen LogP contribution < -0.4 is 16.6 Å².